The Morgan fingerprint density at radius 1 is 1.53 bits per heavy atom. The molecule has 0 fully saturated rings. The summed E-state index contributed by atoms with van der Waals surface area (Å²) >= 11 is 5.74. The van der Waals surface area contributed by atoms with E-state index in [9.17, 15) is 9.50 Å². The molecule has 0 spiro atoms. The summed E-state index contributed by atoms with van der Waals surface area (Å²) in [4.78, 5) is 0. The molecule has 4 nitrogen and oxygen atoms in total. The minimum atomic E-state index is -0.494. The van der Waals surface area contributed by atoms with E-state index in [1.807, 2.05) is 0 Å². The van der Waals surface area contributed by atoms with Gasteiger partial charge in [0.2, 0.25) is 0 Å². The fourth-order valence-electron chi connectivity index (χ4n) is 1.67. The fraction of sp³-hybridized carbons (Fsp3) is 0.182. The van der Waals surface area contributed by atoms with Gasteiger partial charge in [-0.3, -0.25) is 4.68 Å². The number of rotatable bonds is 1. The zero-order valence-corrected chi connectivity index (χ0v) is 10.1. The molecule has 1 aromatic carbocycles. The standard InChI is InChI=1S/C11H11ClFN3O/c1-5-8(13)3-7(12)10(17)9(5)6-4-15-16(2)11(6)14/h3-4,17H,14H2,1-2H3. The Labute approximate surface area is 102 Å². The lowest BCUT2D eigenvalue weighted by molar-refractivity contribution is 0.474. The number of aromatic nitrogens is 2. The van der Waals surface area contributed by atoms with Crippen LogP contribution in [-0.4, -0.2) is 14.9 Å². The van der Waals surface area contributed by atoms with Gasteiger partial charge in [-0.05, 0) is 18.6 Å². The highest BCUT2D eigenvalue weighted by atomic mass is 35.5. The molecule has 2 aromatic rings. The molecule has 0 unspecified atom stereocenters. The van der Waals surface area contributed by atoms with Crippen LogP contribution in [0, 0.1) is 12.7 Å². The molecule has 0 aliphatic heterocycles. The maximum Gasteiger partial charge on any atom is 0.142 e. The van der Waals surface area contributed by atoms with Crippen molar-refractivity contribution in [3.8, 4) is 16.9 Å². The number of halogens is 2. The third-order valence-corrected chi connectivity index (χ3v) is 2.99. The van der Waals surface area contributed by atoms with Gasteiger partial charge in [0, 0.05) is 18.2 Å². The van der Waals surface area contributed by atoms with E-state index in [0.717, 1.165) is 6.07 Å². The van der Waals surface area contributed by atoms with Crippen LogP contribution in [0.4, 0.5) is 10.2 Å². The molecule has 2 rings (SSSR count). The monoisotopic (exact) mass is 255 g/mol. The lowest BCUT2D eigenvalue weighted by atomic mass is 10.0. The molecular weight excluding hydrogens is 245 g/mol. The molecule has 0 atom stereocenters. The lowest BCUT2D eigenvalue weighted by Crippen LogP contribution is -1.99. The average Bonchev–Trinajstić information content (AvgIpc) is 2.59. The molecule has 0 saturated heterocycles. The van der Waals surface area contributed by atoms with Crippen molar-refractivity contribution in [2.75, 3.05) is 5.73 Å². The molecule has 0 amide bonds. The summed E-state index contributed by atoms with van der Waals surface area (Å²) in [6.45, 7) is 1.55. The molecule has 1 heterocycles. The van der Waals surface area contributed by atoms with Gasteiger partial charge < -0.3 is 10.8 Å². The maximum absolute atomic E-state index is 13.6. The first-order valence-corrected chi connectivity index (χ1v) is 5.26. The zero-order chi connectivity index (χ0) is 12.7. The molecule has 0 aliphatic carbocycles. The minimum absolute atomic E-state index is 0.0497. The summed E-state index contributed by atoms with van der Waals surface area (Å²) < 4.78 is 15.0. The van der Waals surface area contributed by atoms with Crippen molar-refractivity contribution < 1.29 is 9.50 Å². The second kappa shape index (κ2) is 3.92. The van der Waals surface area contributed by atoms with E-state index in [0.29, 0.717) is 11.4 Å². The van der Waals surface area contributed by atoms with E-state index in [4.69, 9.17) is 17.3 Å². The van der Waals surface area contributed by atoms with Crippen LogP contribution < -0.4 is 5.73 Å². The van der Waals surface area contributed by atoms with Crippen molar-refractivity contribution >= 4 is 17.4 Å². The van der Waals surface area contributed by atoms with E-state index >= 15 is 0 Å². The van der Waals surface area contributed by atoms with Gasteiger partial charge in [-0.25, -0.2) is 4.39 Å². The lowest BCUT2D eigenvalue weighted by Gasteiger charge is -2.10. The SMILES string of the molecule is Cc1c(F)cc(Cl)c(O)c1-c1cnn(C)c1N. The first-order valence-electron chi connectivity index (χ1n) is 4.89. The Balaban J connectivity index is 2.79. The topological polar surface area (TPSA) is 64.1 Å². The van der Waals surface area contributed by atoms with Crippen LogP contribution in [-0.2, 0) is 7.05 Å². The molecule has 0 aliphatic rings. The van der Waals surface area contributed by atoms with Gasteiger partial charge in [0.05, 0.1) is 11.2 Å². The van der Waals surface area contributed by atoms with Crippen LogP contribution in [0.3, 0.4) is 0 Å². The normalized spacial score (nSPS) is 10.8. The van der Waals surface area contributed by atoms with Crippen molar-refractivity contribution in [1.29, 1.82) is 0 Å². The van der Waals surface area contributed by atoms with E-state index in [2.05, 4.69) is 5.10 Å². The van der Waals surface area contributed by atoms with Gasteiger partial charge in [0.1, 0.15) is 17.4 Å². The van der Waals surface area contributed by atoms with Gasteiger partial charge in [-0.1, -0.05) is 11.6 Å². The second-order valence-electron chi connectivity index (χ2n) is 3.76. The highest BCUT2D eigenvalue weighted by Crippen LogP contribution is 2.41. The van der Waals surface area contributed by atoms with Crippen molar-refractivity contribution in [2.24, 2.45) is 7.05 Å². The van der Waals surface area contributed by atoms with Crippen molar-refractivity contribution in [2.45, 2.75) is 6.92 Å². The quantitative estimate of drug-likeness (QED) is 0.823. The van der Waals surface area contributed by atoms with Crippen LogP contribution in [0.1, 0.15) is 5.56 Å². The fourth-order valence-corrected chi connectivity index (χ4v) is 1.86. The number of hydrogen-bond donors (Lipinski definition) is 2. The van der Waals surface area contributed by atoms with E-state index < -0.39 is 5.82 Å². The van der Waals surface area contributed by atoms with Gasteiger partial charge in [0.15, 0.2) is 0 Å². The summed E-state index contributed by atoms with van der Waals surface area (Å²) in [5.41, 5.74) is 6.82. The predicted octanol–water partition coefficient (Wildman–Crippen LogP) is 2.48. The number of nitrogens with zero attached hydrogens (tertiary/aromatic N) is 2. The number of nitrogen functional groups attached to an aromatic ring is 1. The van der Waals surface area contributed by atoms with E-state index in [1.54, 1.807) is 14.0 Å². The van der Waals surface area contributed by atoms with E-state index in [-0.39, 0.29) is 21.9 Å². The highest BCUT2D eigenvalue weighted by molar-refractivity contribution is 6.32. The largest absolute Gasteiger partial charge is 0.506 e. The summed E-state index contributed by atoms with van der Waals surface area (Å²) in [5, 5.41) is 13.8. The van der Waals surface area contributed by atoms with E-state index in [1.165, 1.54) is 10.9 Å². The Morgan fingerprint density at radius 2 is 2.18 bits per heavy atom. The summed E-state index contributed by atoms with van der Waals surface area (Å²) in [6, 6.07) is 1.07. The number of aryl methyl sites for hydroxylation is 1. The average molecular weight is 256 g/mol. The molecular formula is C11H11ClFN3O. The summed E-state index contributed by atoms with van der Waals surface area (Å²) in [6.07, 6.45) is 1.47. The predicted molar refractivity (Wildman–Crippen MR) is 64.4 cm³/mol. The maximum atomic E-state index is 13.6. The summed E-state index contributed by atoms with van der Waals surface area (Å²) in [7, 11) is 1.66. The zero-order valence-electron chi connectivity index (χ0n) is 9.33. The highest BCUT2D eigenvalue weighted by Gasteiger charge is 2.19. The Bertz CT molecular complexity index is 569. The van der Waals surface area contributed by atoms with Crippen molar-refractivity contribution in [3.05, 3.63) is 28.7 Å². The third-order valence-electron chi connectivity index (χ3n) is 2.70. The third kappa shape index (κ3) is 1.72. The van der Waals surface area contributed by atoms with Gasteiger partial charge >= 0.3 is 0 Å². The molecule has 3 N–H and O–H groups in total. The Morgan fingerprint density at radius 3 is 2.71 bits per heavy atom. The number of phenolic OH excluding ortho intramolecular Hbond substituents is 1. The second-order valence-corrected chi connectivity index (χ2v) is 4.16. The molecule has 6 heteroatoms. The molecule has 0 bridgehead atoms. The number of benzene rings is 1. The number of phenols is 1. The Hall–Kier alpha value is -1.75. The van der Waals surface area contributed by atoms with Crippen LogP contribution in [0.15, 0.2) is 12.3 Å². The van der Waals surface area contributed by atoms with Crippen LogP contribution >= 0.6 is 11.6 Å². The van der Waals surface area contributed by atoms with Crippen LogP contribution in [0.25, 0.3) is 11.1 Å². The van der Waals surface area contributed by atoms with Crippen LogP contribution in [0.5, 0.6) is 5.75 Å². The van der Waals surface area contributed by atoms with Crippen molar-refractivity contribution in [1.82, 2.24) is 9.78 Å². The first-order chi connectivity index (χ1) is 7.93. The van der Waals surface area contributed by atoms with Gasteiger partial charge in [0.25, 0.3) is 0 Å². The van der Waals surface area contributed by atoms with Crippen molar-refractivity contribution in [3.63, 3.8) is 0 Å². The van der Waals surface area contributed by atoms with Gasteiger partial charge in [-0.2, -0.15) is 5.10 Å². The van der Waals surface area contributed by atoms with Crippen LogP contribution in [0.2, 0.25) is 5.02 Å². The molecule has 90 valence electrons. The summed E-state index contributed by atoms with van der Waals surface area (Å²) in [5.74, 6) is -0.346. The molecule has 0 saturated carbocycles. The minimum Gasteiger partial charge on any atom is -0.506 e. The Kier molecular flexibility index (Phi) is 2.71. The smallest absolute Gasteiger partial charge is 0.142 e. The molecule has 0 radical (unpaired) electrons. The molecule has 1 aromatic heterocycles. The molecule has 17 heavy (non-hydrogen) atoms. The number of anilines is 1. The van der Waals surface area contributed by atoms with Gasteiger partial charge in [-0.15, -0.1) is 0 Å². The number of aromatic hydroxyl groups is 1. The first kappa shape index (κ1) is 11.7. The number of nitrogens with two attached hydrogens (primary N) is 1. The number of hydrogen-bond acceptors (Lipinski definition) is 3.